The Morgan fingerprint density at radius 1 is 1.38 bits per heavy atom. The van der Waals surface area contributed by atoms with Crippen molar-refractivity contribution in [3.05, 3.63) is 15.5 Å². The Kier molecular flexibility index (Phi) is 5.46. The minimum Gasteiger partial charge on any atom is -0.444 e. The van der Waals surface area contributed by atoms with E-state index in [2.05, 4.69) is 9.88 Å². The third-order valence-corrected chi connectivity index (χ3v) is 4.24. The van der Waals surface area contributed by atoms with Crippen molar-refractivity contribution < 1.29 is 9.53 Å². The molecule has 0 unspecified atom stereocenters. The molecule has 1 aromatic rings. The summed E-state index contributed by atoms with van der Waals surface area (Å²) in [5.41, 5.74) is -0.442. The molecule has 1 fully saturated rings. The molecule has 5 nitrogen and oxygen atoms in total. The Morgan fingerprint density at radius 3 is 2.76 bits per heavy atom. The molecule has 2 rings (SSSR count). The van der Waals surface area contributed by atoms with E-state index in [9.17, 15) is 4.79 Å². The average molecular weight is 332 g/mol. The average Bonchev–Trinajstić information content (AvgIpc) is 2.62. The van der Waals surface area contributed by atoms with E-state index in [0.717, 1.165) is 37.5 Å². The van der Waals surface area contributed by atoms with Crippen LogP contribution in [0.2, 0.25) is 4.47 Å². The maximum Gasteiger partial charge on any atom is 0.410 e. The number of hydrogen-bond acceptors (Lipinski definition) is 5. The zero-order valence-corrected chi connectivity index (χ0v) is 14.3. The third-order valence-electron chi connectivity index (χ3n) is 3.15. The highest BCUT2D eigenvalue weighted by Gasteiger charge is 2.24. The molecule has 0 atom stereocenters. The van der Waals surface area contributed by atoms with E-state index in [1.54, 1.807) is 4.90 Å². The topological polar surface area (TPSA) is 45.7 Å². The van der Waals surface area contributed by atoms with Gasteiger partial charge in [0, 0.05) is 43.8 Å². The lowest BCUT2D eigenvalue weighted by Crippen LogP contribution is -2.39. The van der Waals surface area contributed by atoms with Crippen LogP contribution >= 0.6 is 22.9 Å². The minimum absolute atomic E-state index is 0.217. The molecular weight excluding hydrogens is 310 g/mol. The van der Waals surface area contributed by atoms with Gasteiger partial charge in [-0.1, -0.05) is 11.6 Å². The number of halogens is 1. The van der Waals surface area contributed by atoms with Crippen molar-refractivity contribution >= 4 is 29.0 Å². The van der Waals surface area contributed by atoms with Gasteiger partial charge < -0.3 is 9.64 Å². The molecule has 1 saturated heterocycles. The molecule has 118 valence electrons. The molecule has 7 heteroatoms. The second-order valence-electron chi connectivity index (χ2n) is 6.18. The van der Waals surface area contributed by atoms with E-state index < -0.39 is 5.60 Å². The Bertz CT molecular complexity index is 487. The van der Waals surface area contributed by atoms with Gasteiger partial charge in [0.15, 0.2) is 4.47 Å². The molecule has 1 amide bonds. The smallest absolute Gasteiger partial charge is 0.410 e. The molecule has 0 aromatic carbocycles. The van der Waals surface area contributed by atoms with E-state index in [4.69, 9.17) is 16.3 Å². The Morgan fingerprint density at radius 2 is 2.14 bits per heavy atom. The van der Waals surface area contributed by atoms with Crippen LogP contribution in [-0.2, 0) is 11.3 Å². The summed E-state index contributed by atoms with van der Waals surface area (Å²) in [5.74, 6) is 0. The van der Waals surface area contributed by atoms with Crippen LogP contribution in [0.5, 0.6) is 0 Å². The van der Waals surface area contributed by atoms with Gasteiger partial charge in [-0.15, -0.1) is 11.3 Å². The lowest BCUT2D eigenvalue weighted by molar-refractivity contribution is 0.0257. The van der Waals surface area contributed by atoms with Crippen molar-refractivity contribution in [2.75, 3.05) is 26.2 Å². The first-order valence-electron chi connectivity index (χ1n) is 7.14. The summed E-state index contributed by atoms with van der Waals surface area (Å²) in [7, 11) is 0. The van der Waals surface area contributed by atoms with E-state index in [0.29, 0.717) is 11.0 Å². The molecular formula is C14H22ClN3O2S. The predicted molar refractivity (Wildman–Crippen MR) is 84.8 cm³/mol. The van der Waals surface area contributed by atoms with E-state index >= 15 is 0 Å². The molecule has 1 aromatic heterocycles. The highest BCUT2D eigenvalue weighted by Crippen LogP contribution is 2.20. The fourth-order valence-corrected chi connectivity index (χ4v) is 3.24. The second-order valence-corrected chi connectivity index (χ2v) is 7.87. The summed E-state index contributed by atoms with van der Waals surface area (Å²) in [6, 6.07) is 0. The highest BCUT2D eigenvalue weighted by molar-refractivity contribution is 7.15. The van der Waals surface area contributed by atoms with Gasteiger partial charge in [-0.3, -0.25) is 4.90 Å². The minimum atomic E-state index is -0.442. The Labute approximate surface area is 134 Å². The van der Waals surface area contributed by atoms with Crippen molar-refractivity contribution in [2.45, 2.75) is 39.3 Å². The van der Waals surface area contributed by atoms with Crippen molar-refractivity contribution in [3.8, 4) is 0 Å². The molecule has 1 aliphatic heterocycles. The first-order valence-corrected chi connectivity index (χ1v) is 8.33. The largest absolute Gasteiger partial charge is 0.444 e. The van der Waals surface area contributed by atoms with Crippen molar-refractivity contribution in [2.24, 2.45) is 0 Å². The van der Waals surface area contributed by atoms with Gasteiger partial charge in [0.05, 0.1) is 0 Å². The van der Waals surface area contributed by atoms with E-state index in [1.807, 2.05) is 27.0 Å². The number of hydrogen-bond donors (Lipinski definition) is 0. The number of aromatic nitrogens is 1. The molecule has 2 heterocycles. The molecule has 0 N–H and O–H groups in total. The van der Waals surface area contributed by atoms with Crippen LogP contribution in [0.15, 0.2) is 6.20 Å². The van der Waals surface area contributed by atoms with Gasteiger partial charge >= 0.3 is 6.09 Å². The second kappa shape index (κ2) is 6.94. The maximum absolute atomic E-state index is 12.1. The zero-order chi connectivity index (χ0) is 15.5. The summed E-state index contributed by atoms with van der Waals surface area (Å²) < 4.78 is 6.01. The third kappa shape index (κ3) is 5.45. The van der Waals surface area contributed by atoms with Crippen molar-refractivity contribution in [1.29, 1.82) is 0 Å². The summed E-state index contributed by atoms with van der Waals surface area (Å²) >= 11 is 7.37. The van der Waals surface area contributed by atoms with Gasteiger partial charge in [0.2, 0.25) is 0 Å². The maximum atomic E-state index is 12.1. The van der Waals surface area contributed by atoms with Gasteiger partial charge in [0.25, 0.3) is 0 Å². The standard InChI is InChI=1S/C14H22ClN3O2S/c1-14(2,3)20-13(19)18-6-4-5-17(7-8-18)10-11-9-16-12(15)21-11/h9H,4-8,10H2,1-3H3. The monoisotopic (exact) mass is 331 g/mol. The number of amides is 1. The fourth-order valence-electron chi connectivity index (χ4n) is 2.22. The normalized spacial score (nSPS) is 17.6. The summed E-state index contributed by atoms with van der Waals surface area (Å²) in [6.45, 7) is 9.76. The summed E-state index contributed by atoms with van der Waals surface area (Å²) in [6.07, 6.45) is 2.56. The van der Waals surface area contributed by atoms with Crippen LogP contribution in [0.25, 0.3) is 0 Å². The van der Waals surface area contributed by atoms with Crippen LogP contribution in [0.1, 0.15) is 32.1 Å². The van der Waals surface area contributed by atoms with Crippen LogP contribution in [-0.4, -0.2) is 52.7 Å². The quantitative estimate of drug-likeness (QED) is 0.834. The molecule has 0 bridgehead atoms. The number of nitrogens with zero attached hydrogens (tertiary/aromatic N) is 3. The Hall–Kier alpha value is -0.850. The highest BCUT2D eigenvalue weighted by atomic mass is 35.5. The lowest BCUT2D eigenvalue weighted by Gasteiger charge is -2.26. The summed E-state index contributed by atoms with van der Waals surface area (Å²) in [4.78, 5) is 21.4. The molecule has 0 saturated carbocycles. The number of carbonyl (C=O) groups is 1. The van der Waals surface area contributed by atoms with Gasteiger partial charge in [-0.2, -0.15) is 0 Å². The van der Waals surface area contributed by atoms with E-state index in [-0.39, 0.29) is 6.09 Å². The van der Waals surface area contributed by atoms with Crippen LogP contribution in [0, 0.1) is 0 Å². The lowest BCUT2D eigenvalue weighted by atomic mass is 10.2. The molecule has 0 spiro atoms. The van der Waals surface area contributed by atoms with Crippen LogP contribution in [0.3, 0.4) is 0 Å². The number of rotatable bonds is 2. The number of carbonyl (C=O) groups excluding carboxylic acids is 1. The first kappa shape index (κ1) is 16.5. The predicted octanol–water partition coefficient (Wildman–Crippen LogP) is 3.24. The molecule has 1 aliphatic rings. The number of ether oxygens (including phenoxy) is 1. The first-order chi connectivity index (χ1) is 9.83. The van der Waals surface area contributed by atoms with Gasteiger partial charge in [0.1, 0.15) is 5.60 Å². The van der Waals surface area contributed by atoms with Crippen LogP contribution < -0.4 is 0 Å². The molecule has 0 radical (unpaired) electrons. The summed E-state index contributed by atoms with van der Waals surface area (Å²) in [5, 5.41) is 0. The SMILES string of the molecule is CC(C)(C)OC(=O)N1CCCN(Cc2cnc(Cl)s2)CC1. The molecule has 0 aliphatic carbocycles. The van der Waals surface area contributed by atoms with Crippen molar-refractivity contribution in [3.63, 3.8) is 0 Å². The van der Waals surface area contributed by atoms with Gasteiger partial charge in [-0.05, 0) is 27.2 Å². The van der Waals surface area contributed by atoms with Crippen molar-refractivity contribution in [1.82, 2.24) is 14.8 Å². The van der Waals surface area contributed by atoms with Crippen LogP contribution in [0.4, 0.5) is 4.79 Å². The molecule has 21 heavy (non-hydrogen) atoms. The zero-order valence-electron chi connectivity index (χ0n) is 12.8. The fraction of sp³-hybridized carbons (Fsp3) is 0.714. The van der Waals surface area contributed by atoms with Gasteiger partial charge in [-0.25, -0.2) is 9.78 Å². The van der Waals surface area contributed by atoms with E-state index in [1.165, 1.54) is 11.3 Å². The Balaban J connectivity index is 1.85. The number of thiazole rings is 1.